The maximum absolute atomic E-state index is 11.3. The SMILES string of the molecule is O=C(O)COCC(=O)OC(Cc1ccccc1)C(=O)O. The third-order valence-electron chi connectivity index (χ3n) is 2.26. The molecule has 1 aromatic carbocycles. The van der Waals surface area contributed by atoms with Crippen LogP contribution in [0.1, 0.15) is 5.56 Å². The van der Waals surface area contributed by atoms with E-state index in [-0.39, 0.29) is 6.42 Å². The highest BCUT2D eigenvalue weighted by Gasteiger charge is 2.22. The predicted octanol–water partition coefficient (Wildman–Crippen LogP) is 0.327. The Morgan fingerprint density at radius 1 is 1.05 bits per heavy atom. The highest BCUT2D eigenvalue weighted by atomic mass is 16.6. The Morgan fingerprint density at radius 2 is 1.70 bits per heavy atom. The summed E-state index contributed by atoms with van der Waals surface area (Å²) < 4.78 is 9.26. The van der Waals surface area contributed by atoms with Crippen molar-refractivity contribution in [3.8, 4) is 0 Å². The number of carbonyl (C=O) groups excluding carboxylic acids is 1. The Morgan fingerprint density at radius 3 is 2.25 bits per heavy atom. The molecular weight excluding hydrogens is 268 g/mol. The second kappa shape index (κ2) is 7.90. The fraction of sp³-hybridized carbons (Fsp3) is 0.308. The minimum absolute atomic E-state index is 0.0286. The molecule has 7 nitrogen and oxygen atoms in total. The van der Waals surface area contributed by atoms with Gasteiger partial charge in [0.1, 0.15) is 13.2 Å². The molecule has 0 spiro atoms. The minimum Gasteiger partial charge on any atom is -0.480 e. The van der Waals surface area contributed by atoms with E-state index >= 15 is 0 Å². The number of benzene rings is 1. The molecule has 0 heterocycles. The molecule has 108 valence electrons. The van der Waals surface area contributed by atoms with E-state index in [1.54, 1.807) is 30.3 Å². The molecule has 0 fully saturated rings. The molecule has 0 aromatic heterocycles. The lowest BCUT2D eigenvalue weighted by Crippen LogP contribution is -2.31. The van der Waals surface area contributed by atoms with E-state index in [1.807, 2.05) is 0 Å². The molecular formula is C13H14O7. The average Bonchev–Trinajstić information content (AvgIpc) is 2.38. The van der Waals surface area contributed by atoms with Crippen LogP contribution in [0.4, 0.5) is 0 Å². The van der Waals surface area contributed by atoms with Crippen molar-refractivity contribution in [3.05, 3.63) is 35.9 Å². The van der Waals surface area contributed by atoms with E-state index in [4.69, 9.17) is 14.9 Å². The number of carboxylic acid groups (broad SMARTS) is 2. The van der Waals surface area contributed by atoms with E-state index in [1.165, 1.54) is 0 Å². The highest BCUT2D eigenvalue weighted by Crippen LogP contribution is 2.07. The second-order valence-corrected chi connectivity index (χ2v) is 3.89. The summed E-state index contributed by atoms with van der Waals surface area (Å²) in [6.45, 7) is -1.25. The largest absolute Gasteiger partial charge is 0.480 e. The van der Waals surface area contributed by atoms with Crippen LogP contribution in [0, 0.1) is 0 Å². The quantitative estimate of drug-likeness (QED) is 0.661. The first-order valence-corrected chi connectivity index (χ1v) is 5.75. The summed E-state index contributed by atoms with van der Waals surface area (Å²) in [5, 5.41) is 17.3. The lowest BCUT2D eigenvalue weighted by Gasteiger charge is -2.13. The Kier molecular flexibility index (Phi) is 6.18. The molecule has 20 heavy (non-hydrogen) atoms. The zero-order chi connectivity index (χ0) is 15.0. The summed E-state index contributed by atoms with van der Waals surface area (Å²) in [6.07, 6.45) is -1.31. The lowest BCUT2D eigenvalue weighted by molar-refractivity contribution is -0.168. The molecule has 7 heteroatoms. The zero-order valence-corrected chi connectivity index (χ0v) is 10.5. The van der Waals surface area contributed by atoms with Crippen molar-refractivity contribution in [2.45, 2.75) is 12.5 Å². The van der Waals surface area contributed by atoms with Crippen molar-refractivity contribution in [1.82, 2.24) is 0 Å². The summed E-state index contributed by atoms with van der Waals surface area (Å²) in [6, 6.07) is 8.69. The van der Waals surface area contributed by atoms with Crippen molar-refractivity contribution >= 4 is 17.9 Å². The van der Waals surface area contributed by atoms with Gasteiger partial charge in [0.2, 0.25) is 6.10 Å². The number of carbonyl (C=O) groups is 3. The van der Waals surface area contributed by atoms with Gasteiger partial charge in [-0.2, -0.15) is 0 Å². The van der Waals surface area contributed by atoms with Gasteiger partial charge in [-0.1, -0.05) is 30.3 Å². The molecule has 0 aliphatic carbocycles. The van der Waals surface area contributed by atoms with Gasteiger partial charge in [0.25, 0.3) is 0 Å². The Hall–Kier alpha value is -2.41. The number of hydrogen-bond acceptors (Lipinski definition) is 5. The van der Waals surface area contributed by atoms with E-state index in [0.29, 0.717) is 5.56 Å². The third-order valence-corrected chi connectivity index (χ3v) is 2.26. The lowest BCUT2D eigenvalue weighted by atomic mass is 10.1. The van der Waals surface area contributed by atoms with Crippen LogP contribution < -0.4 is 0 Å². The van der Waals surface area contributed by atoms with Gasteiger partial charge in [0.15, 0.2) is 0 Å². The van der Waals surface area contributed by atoms with Crippen LogP contribution >= 0.6 is 0 Å². The van der Waals surface area contributed by atoms with Crippen LogP contribution in [0.15, 0.2) is 30.3 Å². The van der Waals surface area contributed by atoms with Crippen LogP contribution in [0.2, 0.25) is 0 Å². The molecule has 0 aliphatic heterocycles. The summed E-state index contributed by atoms with van der Waals surface area (Å²) in [5.74, 6) is -3.42. The average molecular weight is 282 g/mol. The van der Waals surface area contributed by atoms with Crippen LogP contribution in [0.5, 0.6) is 0 Å². The van der Waals surface area contributed by atoms with Gasteiger partial charge >= 0.3 is 17.9 Å². The van der Waals surface area contributed by atoms with Gasteiger partial charge in [0.05, 0.1) is 0 Å². The topological polar surface area (TPSA) is 110 Å². The van der Waals surface area contributed by atoms with Crippen LogP contribution in [-0.4, -0.2) is 47.4 Å². The van der Waals surface area contributed by atoms with Crippen molar-refractivity contribution in [1.29, 1.82) is 0 Å². The number of aliphatic carboxylic acids is 2. The molecule has 1 unspecified atom stereocenters. The van der Waals surface area contributed by atoms with Crippen LogP contribution in [0.3, 0.4) is 0 Å². The third kappa shape index (κ3) is 5.96. The maximum atomic E-state index is 11.3. The fourth-order valence-electron chi connectivity index (χ4n) is 1.42. The van der Waals surface area contributed by atoms with Crippen molar-refractivity contribution in [2.24, 2.45) is 0 Å². The second-order valence-electron chi connectivity index (χ2n) is 3.89. The monoisotopic (exact) mass is 282 g/mol. The van der Waals surface area contributed by atoms with Gasteiger partial charge in [-0.05, 0) is 5.56 Å². The number of carboxylic acids is 2. The zero-order valence-electron chi connectivity index (χ0n) is 10.5. The first kappa shape index (κ1) is 15.6. The molecule has 0 saturated carbocycles. The summed E-state index contributed by atoms with van der Waals surface area (Å²) in [7, 11) is 0. The molecule has 1 rings (SSSR count). The smallest absolute Gasteiger partial charge is 0.345 e. The van der Waals surface area contributed by atoms with E-state index in [2.05, 4.69) is 4.74 Å². The predicted molar refractivity (Wildman–Crippen MR) is 66.1 cm³/mol. The summed E-state index contributed by atoms with van der Waals surface area (Å²) in [5.41, 5.74) is 0.708. The first-order chi connectivity index (χ1) is 9.49. The molecule has 0 bridgehead atoms. The van der Waals surface area contributed by atoms with Crippen molar-refractivity contribution in [2.75, 3.05) is 13.2 Å². The molecule has 0 aliphatic rings. The highest BCUT2D eigenvalue weighted by molar-refractivity contribution is 5.79. The molecule has 0 saturated heterocycles. The van der Waals surface area contributed by atoms with E-state index < -0.39 is 37.2 Å². The molecule has 1 atom stereocenters. The fourth-order valence-corrected chi connectivity index (χ4v) is 1.42. The minimum atomic E-state index is -1.33. The van der Waals surface area contributed by atoms with Crippen molar-refractivity contribution < 1.29 is 34.1 Å². The van der Waals surface area contributed by atoms with E-state index in [9.17, 15) is 14.4 Å². The van der Waals surface area contributed by atoms with Crippen LogP contribution in [-0.2, 0) is 30.3 Å². The Labute approximate surface area is 114 Å². The number of esters is 1. The van der Waals surface area contributed by atoms with Crippen molar-refractivity contribution in [3.63, 3.8) is 0 Å². The van der Waals surface area contributed by atoms with Crippen LogP contribution in [0.25, 0.3) is 0 Å². The molecule has 0 amide bonds. The van der Waals surface area contributed by atoms with Gasteiger partial charge < -0.3 is 19.7 Å². The first-order valence-electron chi connectivity index (χ1n) is 5.75. The normalized spacial score (nSPS) is 11.6. The Balaban J connectivity index is 2.49. The Bertz CT molecular complexity index is 469. The molecule has 2 N–H and O–H groups in total. The summed E-state index contributed by atoms with van der Waals surface area (Å²) >= 11 is 0. The number of ether oxygens (including phenoxy) is 2. The van der Waals surface area contributed by atoms with Gasteiger partial charge in [-0.25, -0.2) is 14.4 Å². The molecule has 1 aromatic rings. The van der Waals surface area contributed by atoms with Gasteiger partial charge in [0, 0.05) is 6.42 Å². The maximum Gasteiger partial charge on any atom is 0.345 e. The molecule has 0 radical (unpaired) electrons. The number of hydrogen-bond donors (Lipinski definition) is 2. The standard InChI is InChI=1S/C13H14O7/c14-11(15)7-19-8-12(16)20-10(13(17)18)6-9-4-2-1-3-5-9/h1-5,10H,6-8H2,(H,14,15)(H,17,18). The number of rotatable bonds is 8. The van der Waals surface area contributed by atoms with E-state index in [0.717, 1.165) is 0 Å². The van der Waals surface area contributed by atoms with Gasteiger partial charge in [-0.15, -0.1) is 0 Å². The summed E-state index contributed by atoms with van der Waals surface area (Å²) in [4.78, 5) is 32.5. The van der Waals surface area contributed by atoms with Gasteiger partial charge in [-0.3, -0.25) is 0 Å².